The van der Waals surface area contributed by atoms with Gasteiger partial charge in [0.15, 0.2) is 17.5 Å². The van der Waals surface area contributed by atoms with Crippen molar-refractivity contribution in [3.8, 4) is 11.5 Å². The van der Waals surface area contributed by atoms with Gasteiger partial charge in [0.05, 0.1) is 20.8 Å². The molecule has 2 aromatic rings. The summed E-state index contributed by atoms with van der Waals surface area (Å²) in [7, 11) is 3.23. The highest BCUT2D eigenvalue weighted by Gasteiger charge is 2.20. The predicted octanol–water partition coefficient (Wildman–Crippen LogP) is 3.89. The van der Waals surface area contributed by atoms with Crippen LogP contribution in [0, 0.1) is 5.82 Å². The molecule has 0 bridgehead atoms. The fourth-order valence-electron chi connectivity index (χ4n) is 2.71. The maximum atomic E-state index is 13.4. The Morgan fingerprint density at radius 2 is 1.82 bits per heavy atom. The van der Waals surface area contributed by atoms with Gasteiger partial charge in [-0.15, -0.1) is 24.0 Å². The normalized spacial score (nSPS) is 11.5. The highest BCUT2D eigenvalue weighted by atomic mass is 127. The summed E-state index contributed by atoms with van der Waals surface area (Å²) in [5, 5.41) is 3.11. The van der Waals surface area contributed by atoms with Crippen LogP contribution in [-0.2, 0) is 11.8 Å². The number of nitrogens with zero attached hydrogens (tertiary/aromatic N) is 1. The molecular weight excluding hydrogens is 472 g/mol. The summed E-state index contributed by atoms with van der Waals surface area (Å²) in [4.78, 5) is 4.41. The van der Waals surface area contributed by atoms with Gasteiger partial charge in [0.2, 0.25) is 0 Å². The minimum Gasteiger partial charge on any atom is -0.493 e. The summed E-state index contributed by atoms with van der Waals surface area (Å²) in [5.74, 6) is 1.54. The van der Waals surface area contributed by atoms with Gasteiger partial charge < -0.3 is 20.5 Å². The van der Waals surface area contributed by atoms with Gasteiger partial charge in [-0.05, 0) is 41.8 Å². The number of methoxy groups -OCH3 is 2. The summed E-state index contributed by atoms with van der Waals surface area (Å²) in [6, 6.07) is 12.4. The van der Waals surface area contributed by atoms with Gasteiger partial charge in [-0.2, -0.15) is 0 Å². The van der Waals surface area contributed by atoms with Crippen LogP contribution in [0.1, 0.15) is 25.0 Å². The predicted molar refractivity (Wildman–Crippen MR) is 123 cm³/mol. The van der Waals surface area contributed by atoms with Crippen molar-refractivity contribution >= 4 is 29.9 Å². The molecule has 5 nitrogen and oxygen atoms in total. The summed E-state index contributed by atoms with van der Waals surface area (Å²) in [6.45, 7) is 5.14. The van der Waals surface area contributed by atoms with Crippen LogP contribution in [0.25, 0.3) is 0 Å². The average Bonchev–Trinajstić information content (AvgIpc) is 2.66. The second-order valence-electron chi connectivity index (χ2n) is 6.96. The molecule has 0 fully saturated rings. The lowest BCUT2D eigenvalue weighted by atomic mass is 9.85. The van der Waals surface area contributed by atoms with E-state index in [9.17, 15) is 4.39 Å². The SMILES string of the molecule is COc1ccc(CCNC(N)=NCC(C)(C)c2cccc(F)c2)cc1OC.I. The smallest absolute Gasteiger partial charge is 0.188 e. The fraction of sp³-hybridized carbons (Fsp3) is 0.381. The van der Waals surface area contributed by atoms with Crippen LogP contribution in [-0.4, -0.2) is 33.3 Å². The van der Waals surface area contributed by atoms with Crippen molar-refractivity contribution in [1.82, 2.24) is 5.32 Å². The minimum absolute atomic E-state index is 0. The molecule has 28 heavy (non-hydrogen) atoms. The zero-order valence-electron chi connectivity index (χ0n) is 16.8. The molecule has 0 saturated carbocycles. The van der Waals surface area contributed by atoms with E-state index in [0.717, 1.165) is 17.5 Å². The van der Waals surface area contributed by atoms with Crippen LogP contribution in [0.3, 0.4) is 0 Å². The first-order valence-corrected chi connectivity index (χ1v) is 8.86. The molecule has 0 unspecified atom stereocenters. The number of rotatable bonds is 8. The zero-order chi connectivity index (χ0) is 19.9. The molecular formula is C21H29FIN3O2. The van der Waals surface area contributed by atoms with Crippen LogP contribution in [0.2, 0.25) is 0 Å². The van der Waals surface area contributed by atoms with Crippen LogP contribution in [0.15, 0.2) is 47.5 Å². The monoisotopic (exact) mass is 501 g/mol. The fourth-order valence-corrected chi connectivity index (χ4v) is 2.71. The highest BCUT2D eigenvalue weighted by molar-refractivity contribution is 14.0. The Balaban J connectivity index is 0.00000392. The quantitative estimate of drug-likeness (QED) is 0.327. The van der Waals surface area contributed by atoms with Crippen molar-refractivity contribution in [2.75, 3.05) is 27.3 Å². The Hall–Kier alpha value is -2.03. The summed E-state index contributed by atoms with van der Waals surface area (Å²) in [5.41, 5.74) is 7.66. The number of nitrogens with one attached hydrogen (secondary N) is 1. The number of ether oxygens (including phenoxy) is 2. The maximum Gasteiger partial charge on any atom is 0.188 e. The molecule has 0 aliphatic carbocycles. The number of benzene rings is 2. The van der Waals surface area contributed by atoms with E-state index in [2.05, 4.69) is 10.3 Å². The lowest BCUT2D eigenvalue weighted by molar-refractivity contribution is 0.354. The van der Waals surface area contributed by atoms with E-state index in [1.54, 1.807) is 20.3 Å². The Kier molecular flexibility index (Phi) is 9.51. The Labute approximate surface area is 183 Å². The molecule has 0 heterocycles. The van der Waals surface area contributed by atoms with Crippen molar-refractivity contribution in [3.05, 3.63) is 59.4 Å². The molecule has 2 rings (SSSR count). The van der Waals surface area contributed by atoms with Crippen LogP contribution < -0.4 is 20.5 Å². The van der Waals surface area contributed by atoms with E-state index in [1.807, 2.05) is 38.1 Å². The second kappa shape index (κ2) is 11.1. The molecule has 154 valence electrons. The second-order valence-corrected chi connectivity index (χ2v) is 6.96. The maximum absolute atomic E-state index is 13.4. The van der Waals surface area contributed by atoms with Crippen LogP contribution >= 0.6 is 24.0 Å². The molecule has 0 saturated heterocycles. The number of guanidine groups is 1. The third kappa shape index (κ3) is 6.85. The Morgan fingerprint density at radius 3 is 2.46 bits per heavy atom. The number of halogens is 2. The largest absolute Gasteiger partial charge is 0.493 e. The molecule has 2 aromatic carbocycles. The Morgan fingerprint density at radius 1 is 1.11 bits per heavy atom. The molecule has 0 radical (unpaired) electrons. The number of hydrogen-bond acceptors (Lipinski definition) is 3. The lowest BCUT2D eigenvalue weighted by Crippen LogP contribution is -2.35. The number of nitrogens with two attached hydrogens (primary N) is 1. The third-order valence-corrected chi connectivity index (χ3v) is 4.42. The number of hydrogen-bond donors (Lipinski definition) is 2. The molecule has 7 heteroatoms. The first-order valence-electron chi connectivity index (χ1n) is 8.86. The van der Waals surface area contributed by atoms with E-state index in [4.69, 9.17) is 15.2 Å². The van der Waals surface area contributed by atoms with E-state index < -0.39 is 0 Å². The van der Waals surface area contributed by atoms with E-state index in [1.165, 1.54) is 12.1 Å². The topological polar surface area (TPSA) is 68.9 Å². The summed E-state index contributed by atoms with van der Waals surface area (Å²) in [6.07, 6.45) is 0.768. The highest BCUT2D eigenvalue weighted by Crippen LogP contribution is 2.27. The van der Waals surface area contributed by atoms with Gasteiger partial charge in [0, 0.05) is 12.0 Å². The standard InChI is InChI=1S/C21H28FN3O2.HI/c1-21(2,16-6-5-7-17(22)13-16)14-25-20(23)24-11-10-15-8-9-18(26-3)19(12-15)27-4;/h5-9,12-13H,10-11,14H2,1-4H3,(H3,23,24,25);1H. The van der Waals surface area contributed by atoms with E-state index in [-0.39, 0.29) is 35.2 Å². The van der Waals surface area contributed by atoms with E-state index in [0.29, 0.717) is 30.5 Å². The number of aliphatic imine (C=N–C) groups is 1. The van der Waals surface area contributed by atoms with Gasteiger partial charge >= 0.3 is 0 Å². The van der Waals surface area contributed by atoms with Crippen LogP contribution in [0.5, 0.6) is 11.5 Å². The molecule has 0 atom stereocenters. The molecule has 0 amide bonds. The molecule has 0 aromatic heterocycles. The van der Waals surface area contributed by atoms with Crippen molar-refractivity contribution in [2.45, 2.75) is 25.7 Å². The molecule has 3 N–H and O–H groups in total. The van der Waals surface area contributed by atoms with Crippen molar-refractivity contribution in [2.24, 2.45) is 10.7 Å². The van der Waals surface area contributed by atoms with Crippen molar-refractivity contribution in [1.29, 1.82) is 0 Å². The first kappa shape index (κ1) is 24.0. The van der Waals surface area contributed by atoms with Crippen LogP contribution in [0.4, 0.5) is 4.39 Å². The average molecular weight is 501 g/mol. The Bertz CT molecular complexity index is 797. The summed E-state index contributed by atoms with van der Waals surface area (Å²) >= 11 is 0. The van der Waals surface area contributed by atoms with Crippen molar-refractivity contribution in [3.63, 3.8) is 0 Å². The van der Waals surface area contributed by atoms with E-state index >= 15 is 0 Å². The van der Waals surface area contributed by atoms with Gasteiger partial charge in [-0.25, -0.2) is 4.39 Å². The third-order valence-electron chi connectivity index (χ3n) is 4.42. The van der Waals surface area contributed by atoms with Gasteiger partial charge in [0.25, 0.3) is 0 Å². The van der Waals surface area contributed by atoms with Gasteiger partial charge in [-0.3, -0.25) is 4.99 Å². The molecule has 0 spiro atoms. The summed E-state index contributed by atoms with van der Waals surface area (Å²) < 4.78 is 24.0. The molecule has 0 aliphatic heterocycles. The lowest BCUT2D eigenvalue weighted by Gasteiger charge is -2.23. The first-order chi connectivity index (χ1) is 12.9. The molecule has 0 aliphatic rings. The van der Waals surface area contributed by atoms with Crippen molar-refractivity contribution < 1.29 is 13.9 Å². The van der Waals surface area contributed by atoms with Gasteiger partial charge in [0.1, 0.15) is 5.82 Å². The minimum atomic E-state index is -0.308. The van der Waals surface area contributed by atoms with Gasteiger partial charge in [-0.1, -0.05) is 32.0 Å². The zero-order valence-corrected chi connectivity index (χ0v) is 19.1.